The van der Waals surface area contributed by atoms with Crippen molar-refractivity contribution in [1.82, 2.24) is 14.4 Å². The number of carbonyl (C=O) groups excluding carboxylic acids is 1. The van der Waals surface area contributed by atoms with Crippen LogP contribution < -0.4 is 4.74 Å². The van der Waals surface area contributed by atoms with Gasteiger partial charge >= 0.3 is 6.36 Å². The molecule has 0 spiro atoms. The van der Waals surface area contributed by atoms with E-state index in [1.165, 1.54) is 47.3 Å². The van der Waals surface area contributed by atoms with E-state index >= 15 is 0 Å². The summed E-state index contributed by atoms with van der Waals surface area (Å²) >= 11 is 0. The van der Waals surface area contributed by atoms with E-state index in [0.717, 1.165) is 12.1 Å². The predicted octanol–water partition coefficient (Wildman–Crippen LogP) is 2.74. The molecule has 1 aliphatic rings. The number of nitrogens with zero attached hydrogens (tertiary/aromatic N) is 3. The minimum atomic E-state index is -4.85. The molecule has 1 aromatic carbocycles. The van der Waals surface area contributed by atoms with Crippen molar-refractivity contribution < 1.29 is 35.6 Å². The zero-order valence-electron chi connectivity index (χ0n) is 16.7. The second-order valence-electron chi connectivity index (χ2n) is 6.80. The first kappa shape index (κ1) is 22.8. The van der Waals surface area contributed by atoms with Crippen LogP contribution in [0.25, 0.3) is 6.08 Å². The van der Waals surface area contributed by atoms with Gasteiger partial charge in [-0.3, -0.25) is 4.79 Å². The van der Waals surface area contributed by atoms with Gasteiger partial charge in [-0.05, 0) is 26.0 Å². The predicted molar refractivity (Wildman–Crippen MR) is 103 cm³/mol. The van der Waals surface area contributed by atoms with Crippen LogP contribution in [-0.2, 0) is 14.8 Å². The van der Waals surface area contributed by atoms with Crippen LogP contribution in [0.1, 0.15) is 17.0 Å². The number of benzene rings is 1. The molecule has 0 radical (unpaired) electrons. The molecule has 3 rings (SSSR count). The highest BCUT2D eigenvalue weighted by Gasteiger charge is 2.34. The Morgan fingerprint density at radius 2 is 1.81 bits per heavy atom. The molecule has 1 amide bonds. The molecule has 2 heterocycles. The first-order chi connectivity index (χ1) is 14.5. The summed E-state index contributed by atoms with van der Waals surface area (Å²) in [7, 11) is -3.81. The number of amides is 1. The van der Waals surface area contributed by atoms with Crippen molar-refractivity contribution >= 4 is 22.0 Å². The van der Waals surface area contributed by atoms with E-state index in [-0.39, 0.29) is 48.1 Å². The number of alkyl halides is 3. The van der Waals surface area contributed by atoms with Gasteiger partial charge in [-0.2, -0.15) is 4.31 Å². The number of hydrogen-bond acceptors (Lipinski definition) is 6. The average Bonchev–Trinajstić information content (AvgIpc) is 3.05. The summed E-state index contributed by atoms with van der Waals surface area (Å²) < 4.78 is 73.3. The Morgan fingerprint density at radius 1 is 1.16 bits per heavy atom. The molecule has 0 N–H and O–H groups in total. The summed E-state index contributed by atoms with van der Waals surface area (Å²) in [5, 5.41) is 3.67. The van der Waals surface area contributed by atoms with Gasteiger partial charge in [0.25, 0.3) is 0 Å². The number of halogens is 3. The maximum absolute atomic E-state index is 12.8. The van der Waals surface area contributed by atoms with E-state index < -0.39 is 28.0 Å². The number of sulfonamides is 1. The van der Waals surface area contributed by atoms with Crippen molar-refractivity contribution in [2.75, 3.05) is 26.2 Å². The van der Waals surface area contributed by atoms with Crippen LogP contribution in [0.2, 0.25) is 0 Å². The summed E-state index contributed by atoms with van der Waals surface area (Å²) in [5.74, 6) is -0.677. The smallest absolute Gasteiger partial charge is 0.405 e. The number of aromatic nitrogens is 1. The Kier molecular flexibility index (Phi) is 6.41. The molecule has 1 aliphatic heterocycles. The zero-order valence-corrected chi connectivity index (χ0v) is 17.5. The average molecular weight is 459 g/mol. The van der Waals surface area contributed by atoms with E-state index in [9.17, 15) is 26.4 Å². The largest absolute Gasteiger partial charge is 0.573 e. The lowest BCUT2D eigenvalue weighted by molar-refractivity contribution is -0.274. The summed E-state index contributed by atoms with van der Waals surface area (Å²) in [4.78, 5) is 13.9. The second kappa shape index (κ2) is 8.71. The minimum absolute atomic E-state index is 0.0217. The minimum Gasteiger partial charge on any atom is -0.405 e. The van der Waals surface area contributed by atoms with Gasteiger partial charge in [-0.25, -0.2) is 8.42 Å². The fraction of sp³-hybridized carbons (Fsp3) is 0.368. The summed E-state index contributed by atoms with van der Waals surface area (Å²) in [6.07, 6.45) is -2.48. The summed E-state index contributed by atoms with van der Waals surface area (Å²) in [6, 6.07) is 5.44. The van der Waals surface area contributed by atoms with Gasteiger partial charge < -0.3 is 14.2 Å². The van der Waals surface area contributed by atoms with Crippen molar-refractivity contribution in [3.05, 3.63) is 47.4 Å². The fourth-order valence-corrected chi connectivity index (χ4v) is 4.94. The summed E-state index contributed by atoms with van der Waals surface area (Å²) in [6.45, 7) is 3.45. The van der Waals surface area contributed by atoms with E-state index in [1.807, 2.05) is 0 Å². The molecule has 0 atom stereocenters. The molecule has 0 bridgehead atoms. The number of carbonyl (C=O) groups is 1. The van der Waals surface area contributed by atoms with Gasteiger partial charge in [0.15, 0.2) is 5.76 Å². The quantitative estimate of drug-likeness (QED) is 0.639. The Morgan fingerprint density at radius 3 is 2.39 bits per heavy atom. The van der Waals surface area contributed by atoms with Crippen molar-refractivity contribution in [1.29, 1.82) is 0 Å². The number of hydrogen-bond donors (Lipinski definition) is 0. The van der Waals surface area contributed by atoms with Crippen molar-refractivity contribution in [3.63, 3.8) is 0 Å². The SMILES string of the molecule is Cc1noc(C)c1S(=O)(=O)N1CCN(C(=O)/C=C/c2ccccc2OC(F)(F)F)CC1. The monoisotopic (exact) mass is 459 g/mol. The van der Waals surface area contributed by atoms with Gasteiger partial charge in [0, 0.05) is 37.8 Å². The van der Waals surface area contributed by atoms with Gasteiger partial charge in [0.05, 0.1) is 0 Å². The standard InChI is InChI=1S/C19H20F3N3O5S/c1-13-18(14(2)30-23-13)31(27,28)25-11-9-24(10-12-25)17(26)8-7-15-5-3-4-6-16(15)29-19(20,21)22/h3-8H,9-12H2,1-2H3/b8-7+. The summed E-state index contributed by atoms with van der Waals surface area (Å²) in [5.41, 5.74) is 0.353. The molecular weight excluding hydrogens is 439 g/mol. The first-order valence-electron chi connectivity index (χ1n) is 9.24. The third-order valence-electron chi connectivity index (χ3n) is 4.67. The fourth-order valence-electron chi connectivity index (χ4n) is 3.22. The third kappa shape index (κ3) is 5.25. The highest BCUT2D eigenvalue weighted by molar-refractivity contribution is 7.89. The van der Waals surface area contributed by atoms with E-state index in [4.69, 9.17) is 4.52 Å². The number of aryl methyl sites for hydroxylation is 2. The van der Waals surface area contributed by atoms with Crippen LogP contribution in [0.3, 0.4) is 0 Å². The molecule has 0 unspecified atom stereocenters. The van der Waals surface area contributed by atoms with Crippen LogP contribution in [0.5, 0.6) is 5.75 Å². The first-order valence-corrected chi connectivity index (χ1v) is 10.7. The Hall–Kier alpha value is -2.86. The van der Waals surface area contributed by atoms with E-state index in [2.05, 4.69) is 9.89 Å². The van der Waals surface area contributed by atoms with Crippen molar-refractivity contribution in [3.8, 4) is 5.75 Å². The van der Waals surface area contributed by atoms with Crippen molar-refractivity contribution in [2.24, 2.45) is 0 Å². The maximum Gasteiger partial charge on any atom is 0.573 e. The zero-order chi connectivity index (χ0) is 22.8. The van der Waals surface area contributed by atoms with Gasteiger partial charge in [0.2, 0.25) is 15.9 Å². The van der Waals surface area contributed by atoms with Crippen LogP contribution in [0.15, 0.2) is 39.8 Å². The number of ether oxygens (including phenoxy) is 1. The molecular formula is C19H20F3N3O5S. The molecule has 1 saturated heterocycles. The van der Waals surface area contributed by atoms with Crippen LogP contribution in [-0.4, -0.2) is 61.2 Å². The Bertz CT molecular complexity index is 1070. The molecule has 12 heteroatoms. The van der Waals surface area contributed by atoms with E-state index in [0.29, 0.717) is 0 Å². The van der Waals surface area contributed by atoms with Crippen LogP contribution in [0, 0.1) is 13.8 Å². The molecule has 0 saturated carbocycles. The van der Waals surface area contributed by atoms with Crippen LogP contribution in [0.4, 0.5) is 13.2 Å². The second-order valence-corrected chi connectivity index (χ2v) is 8.68. The van der Waals surface area contributed by atoms with E-state index in [1.54, 1.807) is 0 Å². The third-order valence-corrected chi connectivity index (χ3v) is 6.81. The van der Waals surface area contributed by atoms with Crippen LogP contribution >= 0.6 is 0 Å². The lowest BCUT2D eigenvalue weighted by Gasteiger charge is -2.33. The molecule has 8 nitrogen and oxygen atoms in total. The number of rotatable bonds is 5. The topological polar surface area (TPSA) is 93.0 Å². The Labute approximate surface area is 176 Å². The van der Waals surface area contributed by atoms with Crippen molar-refractivity contribution in [2.45, 2.75) is 25.1 Å². The number of para-hydroxylation sites is 1. The molecule has 1 aromatic heterocycles. The normalized spacial score (nSPS) is 16.1. The lowest BCUT2D eigenvalue weighted by atomic mass is 10.2. The molecule has 2 aromatic rings. The number of piperazine rings is 1. The molecule has 168 valence electrons. The van der Waals surface area contributed by atoms with Gasteiger partial charge in [-0.1, -0.05) is 23.4 Å². The molecule has 31 heavy (non-hydrogen) atoms. The lowest BCUT2D eigenvalue weighted by Crippen LogP contribution is -2.50. The Balaban J connectivity index is 1.65. The highest BCUT2D eigenvalue weighted by atomic mass is 32.2. The highest BCUT2D eigenvalue weighted by Crippen LogP contribution is 2.27. The molecule has 1 fully saturated rings. The van der Waals surface area contributed by atoms with Gasteiger partial charge in [0.1, 0.15) is 16.3 Å². The van der Waals surface area contributed by atoms with Gasteiger partial charge in [-0.15, -0.1) is 13.2 Å². The maximum atomic E-state index is 12.8. The molecule has 0 aliphatic carbocycles.